The van der Waals surface area contributed by atoms with Gasteiger partial charge in [-0.05, 0) is 18.1 Å². The van der Waals surface area contributed by atoms with Crippen LogP contribution in [0.5, 0.6) is 0 Å². The summed E-state index contributed by atoms with van der Waals surface area (Å²) < 4.78 is 2.28. The topological polar surface area (TPSA) is 113 Å². The fraction of sp³-hybridized carbons (Fsp3) is 0.294. The van der Waals surface area contributed by atoms with Gasteiger partial charge in [0.25, 0.3) is 5.56 Å². The summed E-state index contributed by atoms with van der Waals surface area (Å²) in [5.41, 5.74) is 0.606. The van der Waals surface area contributed by atoms with Crippen LogP contribution < -0.4 is 16.6 Å². The number of aromatic nitrogens is 4. The molecule has 0 unspecified atom stereocenters. The second-order valence-electron chi connectivity index (χ2n) is 5.89. The highest BCUT2D eigenvalue weighted by atomic mass is 79.9. The standard InChI is InChI=1S/C17H18BrN5O3/c1-23-15-14(16(25)22-17(23)26)20-12(21-15)6-7-13(24)19-9-8-10-4-2-3-5-11(10)18/h2-5H,6-9H2,1H3,(H,19,24)(H,20,21)(H,22,25,26). The molecule has 0 aliphatic carbocycles. The summed E-state index contributed by atoms with van der Waals surface area (Å²) in [6, 6.07) is 7.87. The van der Waals surface area contributed by atoms with E-state index in [1.807, 2.05) is 24.3 Å². The van der Waals surface area contributed by atoms with Gasteiger partial charge in [-0.25, -0.2) is 9.78 Å². The molecule has 0 fully saturated rings. The lowest BCUT2D eigenvalue weighted by Crippen LogP contribution is -2.28. The van der Waals surface area contributed by atoms with Gasteiger partial charge in [-0.2, -0.15) is 0 Å². The Bertz CT molecular complexity index is 1070. The predicted octanol–water partition coefficient (Wildman–Crippen LogP) is 1.00. The van der Waals surface area contributed by atoms with Crippen molar-refractivity contribution in [2.24, 2.45) is 7.05 Å². The van der Waals surface area contributed by atoms with Crippen LogP contribution in [0.2, 0.25) is 0 Å². The smallest absolute Gasteiger partial charge is 0.329 e. The molecule has 0 aliphatic rings. The van der Waals surface area contributed by atoms with E-state index in [0.717, 1.165) is 16.5 Å². The third-order valence-corrected chi connectivity index (χ3v) is 4.84. The molecule has 0 spiro atoms. The number of carbonyl (C=O) groups is 1. The van der Waals surface area contributed by atoms with Crippen LogP contribution in [-0.2, 0) is 24.7 Å². The van der Waals surface area contributed by atoms with E-state index in [-0.39, 0.29) is 23.5 Å². The van der Waals surface area contributed by atoms with Gasteiger partial charge >= 0.3 is 5.69 Å². The maximum atomic E-state index is 12.0. The minimum atomic E-state index is -0.523. The summed E-state index contributed by atoms with van der Waals surface area (Å²) >= 11 is 3.48. The molecule has 1 aromatic carbocycles. The van der Waals surface area contributed by atoms with Gasteiger partial charge in [-0.3, -0.25) is 19.1 Å². The Morgan fingerprint density at radius 3 is 2.77 bits per heavy atom. The van der Waals surface area contributed by atoms with E-state index in [2.05, 4.69) is 36.2 Å². The van der Waals surface area contributed by atoms with Crippen molar-refractivity contribution in [2.45, 2.75) is 19.3 Å². The van der Waals surface area contributed by atoms with Crippen molar-refractivity contribution in [2.75, 3.05) is 6.54 Å². The Kier molecular flexibility index (Phi) is 5.36. The molecular weight excluding hydrogens is 402 g/mol. The molecule has 0 saturated carbocycles. The van der Waals surface area contributed by atoms with Crippen LogP contribution in [0.1, 0.15) is 17.8 Å². The average molecular weight is 420 g/mol. The summed E-state index contributed by atoms with van der Waals surface area (Å²) in [5, 5.41) is 2.87. The number of rotatable bonds is 6. The highest BCUT2D eigenvalue weighted by Gasteiger charge is 2.12. The number of nitrogens with one attached hydrogen (secondary N) is 3. The molecule has 8 nitrogen and oxygen atoms in total. The molecule has 1 amide bonds. The largest absolute Gasteiger partial charge is 0.356 e. The van der Waals surface area contributed by atoms with E-state index in [4.69, 9.17) is 0 Å². The molecule has 2 heterocycles. The maximum Gasteiger partial charge on any atom is 0.329 e. The molecule has 3 N–H and O–H groups in total. The van der Waals surface area contributed by atoms with Crippen molar-refractivity contribution >= 4 is 33.0 Å². The molecule has 0 bridgehead atoms. The molecular formula is C17H18BrN5O3. The lowest BCUT2D eigenvalue weighted by Gasteiger charge is -2.06. The first kappa shape index (κ1) is 18.1. The van der Waals surface area contributed by atoms with Crippen LogP contribution in [-0.4, -0.2) is 32.0 Å². The number of benzene rings is 1. The van der Waals surface area contributed by atoms with Gasteiger partial charge in [0, 0.05) is 30.9 Å². The summed E-state index contributed by atoms with van der Waals surface area (Å²) in [5.74, 6) is 0.396. The lowest BCUT2D eigenvalue weighted by molar-refractivity contribution is -0.121. The number of amides is 1. The van der Waals surface area contributed by atoms with Crippen LogP contribution in [0.3, 0.4) is 0 Å². The Morgan fingerprint density at radius 1 is 1.23 bits per heavy atom. The summed E-state index contributed by atoms with van der Waals surface area (Å²) in [7, 11) is 1.53. The van der Waals surface area contributed by atoms with Gasteiger partial charge < -0.3 is 10.3 Å². The zero-order valence-electron chi connectivity index (χ0n) is 14.1. The van der Waals surface area contributed by atoms with E-state index in [1.54, 1.807) is 0 Å². The third kappa shape index (κ3) is 3.93. The number of hydrogen-bond acceptors (Lipinski definition) is 4. The fourth-order valence-corrected chi connectivity index (χ4v) is 3.11. The summed E-state index contributed by atoms with van der Waals surface area (Å²) in [6.45, 7) is 0.537. The first-order chi connectivity index (χ1) is 12.5. The van der Waals surface area contributed by atoms with Crippen molar-refractivity contribution in [3.05, 3.63) is 61.0 Å². The highest BCUT2D eigenvalue weighted by Crippen LogP contribution is 2.15. The first-order valence-electron chi connectivity index (χ1n) is 8.13. The molecule has 0 radical (unpaired) electrons. The predicted molar refractivity (Wildman–Crippen MR) is 101 cm³/mol. The Hall–Kier alpha value is -2.68. The number of hydrogen-bond donors (Lipinski definition) is 3. The van der Waals surface area contributed by atoms with E-state index in [9.17, 15) is 14.4 Å². The Labute approximate surface area is 156 Å². The van der Waals surface area contributed by atoms with Crippen LogP contribution in [0.15, 0.2) is 38.3 Å². The van der Waals surface area contributed by atoms with Gasteiger partial charge in [0.1, 0.15) is 11.3 Å². The molecule has 0 atom stereocenters. The van der Waals surface area contributed by atoms with E-state index < -0.39 is 11.2 Å². The van der Waals surface area contributed by atoms with Crippen molar-refractivity contribution in [1.82, 2.24) is 24.8 Å². The molecule has 3 rings (SSSR count). The van der Waals surface area contributed by atoms with E-state index >= 15 is 0 Å². The molecule has 9 heteroatoms. The van der Waals surface area contributed by atoms with Crippen LogP contribution in [0.4, 0.5) is 0 Å². The molecule has 2 aromatic heterocycles. The molecule has 0 saturated heterocycles. The highest BCUT2D eigenvalue weighted by molar-refractivity contribution is 9.10. The Morgan fingerprint density at radius 2 is 2.00 bits per heavy atom. The molecule has 26 heavy (non-hydrogen) atoms. The first-order valence-corrected chi connectivity index (χ1v) is 8.93. The van der Waals surface area contributed by atoms with Crippen molar-refractivity contribution in [3.63, 3.8) is 0 Å². The van der Waals surface area contributed by atoms with Gasteiger partial charge in [-0.1, -0.05) is 34.1 Å². The third-order valence-electron chi connectivity index (χ3n) is 4.07. The minimum Gasteiger partial charge on any atom is -0.356 e. The van der Waals surface area contributed by atoms with Gasteiger partial charge in [0.15, 0.2) is 5.65 Å². The van der Waals surface area contributed by atoms with Gasteiger partial charge in [0.2, 0.25) is 5.91 Å². The zero-order chi connectivity index (χ0) is 18.7. The summed E-state index contributed by atoms with van der Waals surface area (Å²) in [6.07, 6.45) is 1.32. The van der Waals surface area contributed by atoms with Crippen LogP contribution in [0.25, 0.3) is 11.2 Å². The van der Waals surface area contributed by atoms with Crippen LogP contribution >= 0.6 is 15.9 Å². The number of imidazole rings is 1. The van der Waals surface area contributed by atoms with Crippen molar-refractivity contribution in [1.29, 1.82) is 0 Å². The normalized spacial score (nSPS) is 11.0. The van der Waals surface area contributed by atoms with Gasteiger partial charge in [-0.15, -0.1) is 0 Å². The minimum absolute atomic E-state index is 0.0969. The second-order valence-corrected chi connectivity index (χ2v) is 6.75. The van der Waals surface area contributed by atoms with Crippen molar-refractivity contribution < 1.29 is 4.79 Å². The monoisotopic (exact) mass is 419 g/mol. The average Bonchev–Trinajstić information content (AvgIpc) is 3.05. The number of carbonyl (C=O) groups excluding carboxylic acids is 1. The molecule has 0 aliphatic heterocycles. The number of aromatic amines is 2. The quantitative estimate of drug-likeness (QED) is 0.552. The SMILES string of the molecule is Cn1c(=O)[nH]c(=O)c2[nH]c(CCC(=O)NCCc3ccccc3Br)nc21. The lowest BCUT2D eigenvalue weighted by atomic mass is 10.1. The van der Waals surface area contributed by atoms with E-state index in [0.29, 0.717) is 18.8 Å². The number of fused-ring (bicyclic) bond motifs is 1. The van der Waals surface area contributed by atoms with Gasteiger partial charge in [0.05, 0.1) is 0 Å². The van der Waals surface area contributed by atoms with Crippen molar-refractivity contribution in [3.8, 4) is 0 Å². The number of H-pyrrole nitrogens is 2. The fourth-order valence-electron chi connectivity index (χ4n) is 2.63. The number of aryl methyl sites for hydroxylation is 2. The molecule has 3 aromatic rings. The Balaban J connectivity index is 1.56. The zero-order valence-corrected chi connectivity index (χ0v) is 15.7. The number of nitrogens with zero attached hydrogens (tertiary/aromatic N) is 2. The van der Waals surface area contributed by atoms with E-state index in [1.165, 1.54) is 11.6 Å². The second kappa shape index (κ2) is 7.69. The maximum absolute atomic E-state index is 12.0. The number of halogens is 1. The summed E-state index contributed by atoms with van der Waals surface area (Å²) in [4.78, 5) is 44.7. The van der Waals surface area contributed by atoms with Crippen LogP contribution in [0, 0.1) is 0 Å². The molecule has 136 valence electrons.